The zero-order chi connectivity index (χ0) is 11.5. The molecule has 0 N–H and O–H groups in total. The van der Waals surface area contributed by atoms with E-state index in [2.05, 4.69) is 17.0 Å². The van der Waals surface area contributed by atoms with Crippen LogP contribution < -0.4 is 0 Å². The van der Waals surface area contributed by atoms with Crippen LogP contribution in [0.25, 0.3) is 0 Å². The van der Waals surface area contributed by atoms with E-state index in [1.807, 2.05) is 12.1 Å². The van der Waals surface area contributed by atoms with Crippen LogP contribution >= 0.6 is 0 Å². The molecule has 4 rings (SSSR count). The number of hydrogen-bond donors (Lipinski definition) is 0. The van der Waals surface area contributed by atoms with Gasteiger partial charge in [-0.2, -0.15) is 0 Å². The second kappa shape index (κ2) is 3.12. The van der Waals surface area contributed by atoms with Crippen LogP contribution in [0.3, 0.4) is 0 Å². The SMILES string of the molecule is O=C1c2ccccc2C[C@]23CCC[C@H]2CCN13. The number of benzene rings is 1. The molecule has 2 heteroatoms. The van der Waals surface area contributed by atoms with Gasteiger partial charge in [-0.25, -0.2) is 0 Å². The predicted octanol–water partition coefficient (Wildman–Crippen LogP) is 2.63. The number of amides is 1. The van der Waals surface area contributed by atoms with Crippen LogP contribution in [-0.4, -0.2) is 22.9 Å². The molecular formula is C15H17NO. The highest BCUT2D eigenvalue weighted by molar-refractivity contribution is 5.97. The van der Waals surface area contributed by atoms with Gasteiger partial charge in [0, 0.05) is 12.1 Å². The van der Waals surface area contributed by atoms with E-state index >= 15 is 0 Å². The summed E-state index contributed by atoms with van der Waals surface area (Å²) < 4.78 is 0. The van der Waals surface area contributed by atoms with Crippen molar-refractivity contribution in [3.8, 4) is 0 Å². The quantitative estimate of drug-likeness (QED) is 0.667. The Kier molecular flexibility index (Phi) is 1.78. The van der Waals surface area contributed by atoms with Crippen molar-refractivity contribution in [2.45, 2.75) is 37.6 Å². The lowest BCUT2D eigenvalue weighted by Crippen LogP contribution is -2.53. The highest BCUT2D eigenvalue weighted by Crippen LogP contribution is 2.51. The van der Waals surface area contributed by atoms with E-state index in [0.29, 0.717) is 0 Å². The van der Waals surface area contributed by atoms with E-state index in [1.54, 1.807) is 0 Å². The molecule has 1 spiro atoms. The van der Waals surface area contributed by atoms with Gasteiger partial charge in [0.25, 0.3) is 5.91 Å². The van der Waals surface area contributed by atoms with Gasteiger partial charge >= 0.3 is 0 Å². The minimum Gasteiger partial charge on any atom is -0.332 e. The number of nitrogens with zero attached hydrogens (tertiary/aromatic N) is 1. The Morgan fingerprint density at radius 1 is 1.24 bits per heavy atom. The molecule has 2 fully saturated rings. The standard InChI is InChI=1S/C15H17NO/c17-14-13-6-2-1-4-11(13)10-15-8-3-5-12(15)7-9-16(14)15/h1-2,4,6,12H,3,5,7-10H2/t12-,15+/m0/s1. The van der Waals surface area contributed by atoms with Crippen molar-refractivity contribution in [3.63, 3.8) is 0 Å². The summed E-state index contributed by atoms with van der Waals surface area (Å²) >= 11 is 0. The summed E-state index contributed by atoms with van der Waals surface area (Å²) in [6, 6.07) is 8.19. The molecule has 2 aliphatic heterocycles. The molecule has 3 aliphatic rings. The minimum absolute atomic E-state index is 0.200. The molecule has 1 aromatic carbocycles. The fraction of sp³-hybridized carbons (Fsp3) is 0.533. The average molecular weight is 227 g/mol. The maximum atomic E-state index is 12.6. The molecule has 2 atom stereocenters. The van der Waals surface area contributed by atoms with E-state index < -0.39 is 0 Å². The summed E-state index contributed by atoms with van der Waals surface area (Å²) in [7, 11) is 0. The normalized spacial score (nSPS) is 34.5. The van der Waals surface area contributed by atoms with Gasteiger partial charge in [0.05, 0.1) is 5.54 Å². The largest absolute Gasteiger partial charge is 0.332 e. The zero-order valence-electron chi connectivity index (χ0n) is 9.98. The molecule has 0 radical (unpaired) electrons. The van der Waals surface area contributed by atoms with Crippen LogP contribution in [0.1, 0.15) is 41.6 Å². The Morgan fingerprint density at radius 2 is 2.12 bits per heavy atom. The summed E-state index contributed by atoms with van der Waals surface area (Å²) in [5.74, 6) is 1.05. The van der Waals surface area contributed by atoms with Gasteiger partial charge in [0.15, 0.2) is 0 Å². The van der Waals surface area contributed by atoms with Crippen molar-refractivity contribution in [1.29, 1.82) is 0 Å². The van der Waals surface area contributed by atoms with E-state index in [4.69, 9.17) is 0 Å². The third-order valence-electron chi connectivity index (χ3n) is 5.15. The Morgan fingerprint density at radius 3 is 3.06 bits per heavy atom. The molecule has 1 saturated heterocycles. The van der Waals surface area contributed by atoms with Crippen molar-refractivity contribution in [3.05, 3.63) is 35.4 Å². The first kappa shape index (κ1) is 9.69. The average Bonchev–Trinajstić information content (AvgIpc) is 2.86. The van der Waals surface area contributed by atoms with Crippen LogP contribution in [-0.2, 0) is 6.42 Å². The molecule has 0 aromatic heterocycles. The van der Waals surface area contributed by atoms with Gasteiger partial charge in [0.2, 0.25) is 0 Å². The van der Waals surface area contributed by atoms with Crippen molar-refractivity contribution < 1.29 is 4.79 Å². The second-order valence-corrected chi connectivity index (χ2v) is 5.77. The first-order chi connectivity index (χ1) is 8.31. The fourth-order valence-corrected chi connectivity index (χ4v) is 4.39. The molecule has 1 aromatic rings. The smallest absolute Gasteiger partial charge is 0.254 e. The number of fused-ring (bicyclic) bond motifs is 1. The number of carbonyl (C=O) groups is 1. The molecule has 2 heterocycles. The molecule has 0 bridgehead atoms. The molecule has 1 amide bonds. The van der Waals surface area contributed by atoms with Crippen LogP contribution in [0.4, 0.5) is 0 Å². The third kappa shape index (κ3) is 1.09. The van der Waals surface area contributed by atoms with Gasteiger partial charge in [0.1, 0.15) is 0 Å². The molecule has 1 aliphatic carbocycles. The summed E-state index contributed by atoms with van der Waals surface area (Å²) in [5.41, 5.74) is 2.43. The zero-order valence-corrected chi connectivity index (χ0v) is 9.98. The minimum atomic E-state index is 0.200. The maximum Gasteiger partial charge on any atom is 0.254 e. The first-order valence-corrected chi connectivity index (χ1v) is 6.71. The van der Waals surface area contributed by atoms with Gasteiger partial charge in [-0.15, -0.1) is 0 Å². The Balaban J connectivity index is 1.88. The van der Waals surface area contributed by atoms with Crippen molar-refractivity contribution in [1.82, 2.24) is 4.90 Å². The summed E-state index contributed by atoms with van der Waals surface area (Å²) in [6.45, 7) is 0.984. The van der Waals surface area contributed by atoms with E-state index in [0.717, 1.165) is 24.4 Å². The van der Waals surface area contributed by atoms with Gasteiger partial charge in [-0.1, -0.05) is 24.6 Å². The van der Waals surface area contributed by atoms with Crippen molar-refractivity contribution in [2.24, 2.45) is 5.92 Å². The highest BCUT2D eigenvalue weighted by atomic mass is 16.2. The van der Waals surface area contributed by atoms with Crippen molar-refractivity contribution in [2.75, 3.05) is 6.54 Å². The predicted molar refractivity (Wildman–Crippen MR) is 65.9 cm³/mol. The Hall–Kier alpha value is -1.31. The molecule has 1 saturated carbocycles. The Labute approximate surface area is 102 Å². The summed E-state index contributed by atoms with van der Waals surface area (Å²) in [4.78, 5) is 14.8. The maximum absolute atomic E-state index is 12.6. The lowest BCUT2D eigenvalue weighted by atomic mass is 9.78. The number of hydrogen-bond acceptors (Lipinski definition) is 1. The number of rotatable bonds is 0. The van der Waals surface area contributed by atoms with E-state index in [-0.39, 0.29) is 11.4 Å². The fourth-order valence-electron chi connectivity index (χ4n) is 4.39. The molecule has 17 heavy (non-hydrogen) atoms. The summed E-state index contributed by atoms with van der Waals surface area (Å²) in [6.07, 6.45) is 6.17. The van der Waals surface area contributed by atoms with Crippen molar-refractivity contribution >= 4 is 5.91 Å². The van der Waals surface area contributed by atoms with Gasteiger partial charge in [-0.3, -0.25) is 4.79 Å². The van der Waals surface area contributed by atoms with E-state index in [1.165, 1.54) is 31.2 Å². The first-order valence-electron chi connectivity index (χ1n) is 6.71. The lowest BCUT2D eigenvalue weighted by molar-refractivity contribution is 0.0516. The molecule has 88 valence electrons. The molecule has 2 nitrogen and oxygen atoms in total. The summed E-state index contributed by atoms with van der Waals surface area (Å²) in [5, 5.41) is 0. The number of carbonyl (C=O) groups excluding carboxylic acids is 1. The molecular weight excluding hydrogens is 210 g/mol. The monoisotopic (exact) mass is 227 g/mol. The highest BCUT2D eigenvalue weighted by Gasteiger charge is 2.55. The van der Waals surface area contributed by atoms with Crippen LogP contribution in [0.15, 0.2) is 24.3 Å². The topological polar surface area (TPSA) is 20.3 Å². The van der Waals surface area contributed by atoms with E-state index in [9.17, 15) is 4.79 Å². The van der Waals surface area contributed by atoms with Crippen LogP contribution in [0, 0.1) is 5.92 Å². The van der Waals surface area contributed by atoms with Gasteiger partial charge < -0.3 is 4.90 Å². The van der Waals surface area contributed by atoms with Crippen LogP contribution in [0.5, 0.6) is 0 Å². The van der Waals surface area contributed by atoms with Crippen LogP contribution in [0.2, 0.25) is 0 Å². The second-order valence-electron chi connectivity index (χ2n) is 5.77. The van der Waals surface area contributed by atoms with Gasteiger partial charge in [-0.05, 0) is 43.2 Å². The molecule has 0 unspecified atom stereocenters. The Bertz CT molecular complexity index is 495. The third-order valence-corrected chi connectivity index (χ3v) is 5.15. The lowest BCUT2D eigenvalue weighted by Gasteiger charge is -2.43.